The summed E-state index contributed by atoms with van der Waals surface area (Å²) in [6.45, 7) is 13.6. The molecule has 0 saturated carbocycles. The first-order valence-electron chi connectivity index (χ1n) is 17.5. The van der Waals surface area contributed by atoms with Crippen LogP contribution in [0.3, 0.4) is 0 Å². The van der Waals surface area contributed by atoms with Gasteiger partial charge < -0.3 is 0 Å². The zero-order valence-electron chi connectivity index (χ0n) is 28.1. The van der Waals surface area contributed by atoms with Crippen LogP contribution in [0.4, 0.5) is 11.4 Å². The molecule has 0 aromatic heterocycles. The van der Waals surface area contributed by atoms with E-state index in [4.69, 9.17) is 9.98 Å². The number of rotatable bonds is 22. The van der Waals surface area contributed by atoms with Gasteiger partial charge in [-0.15, -0.1) is 0 Å². The van der Waals surface area contributed by atoms with Crippen molar-refractivity contribution >= 4 is 22.8 Å². The number of benzene rings is 2. The Labute approximate surface area is 274 Å². The van der Waals surface area contributed by atoms with Crippen molar-refractivity contribution in [3.05, 3.63) is 58.7 Å². The van der Waals surface area contributed by atoms with Crippen molar-refractivity contribution in [1.29, 1.82) is 0 Å². The van der Waals surface area contributed by atoms with Crippen molar-refractivity contribution in [2.45, 2.75) is 164 Å². The van der Waals surface area contributed by atoms with Crippen LogP contribution in [0.25, 0.3) is 0 Å². The summed E-state index contributed by atoms with van der Waals surface area (Å²) < 4.78 is 0. The van der Waals surface area contributed by atoms with Gasteiger partial charge in [-0.05, 0) is 97.9 Å². The van der Waals surface area contributed by atoms with Gasteiger partial charge in [0.1, 0.15) is 0 Å². The predicted octanol–water partition coefficient (Wildman–Crippen LogP) is 12.7. The largest absolute Gasteiger partial charge is 0.252 e. The monoisotopic (exact) mass is 664 g/mol. The van der Waals surface area contributed by atoms with E-state index in [1.807, 2.05) is 0 Å². The average Bonchev–Trinajstić information content (AvgIpc) is 3.00. The van der Waals surface area contributed by atoms with Gasteiger partial charge in [0.15, 0.2) is 0 Å². The van der Waals surface area contributed by atoms with Gasteiger partial charge in [0.2, 0.25) is 0 Å². The molecule has 0 amide bonds. The van der Waals surface area contributed by atoms with Crippen LogP contribution >= 0.6 is 0 Å². The van der Waals surface area contributed by atoms with E-state index in [1.54, 1.807) is 0 Å². The molecule has 2 nitrogen and oxygen atoms in total. The number of unbranched alkanes of at least 4 members (excludes halogenated alkanes) is 11. The Morgan fingerprint density at radius 3 is 1.02 bits per heavy atom. The van der Waals surface area contributed by atoms with Crippen molar-refractivity contribution in [2.24, 2.45) is 9.98 Å². The summed E-state index contributed by atoms with van der Waals surface area (Å²) in [6.07, 6.45) is 23.4. The minimum Gasteiger partial charge on any atom is -0.252 e. The van der Waals surface area contributed by atoms with Crippen LogP contribution < -0.4 is 0 Å². The fraction of sp³-hybridized carbons (Fsp3) is 0.641. The van der Waals surface area contributed by atoms with Crippen LogP contribution in [0, 0.1) is 0 Å². The van der Waals surface area contributed by atoms with Gasteiger partial charge in [-0.1, -0.05) is 124 Å². The molecule has 42 heavy (non-hydrogen) atoms. The Balaban J connectivity index is 0.00000882. The molecule has 2 rings (SSSR count). The second-order valence-electron chi connectivity index (χ2n) is 11.9. The minimum absolute atomic E-state index is 0. The fourth-order valence-electron chi connectivity index (χ4n) is 5.60. The smallest absolute Gasteiger partial charge is 0.0639 e. The molecule has 0 aliphatic heterocycles. The predicted molar refractivity (Wildman–Crippen MR) is 185 cm³/mol. The maximum atomic E-state index is 5.40. The van der Waals surface area contributed by atoms with Crippen molar-refractivity contribution in [3.63, 3.8) is 0 Å². The van der Waals surface area contributed by atoms with Crippen molar-refractivity contribution < 1.29 is 20.4 Å². The topological polar surface area (TPSA) is 24.7 Å². The van der Waals surface area contributed by atoms with E-state index in [-0.39, 0.29) is 20.4 Å². The second-order valence-corrected chi connectivity index (χ2v) is 11.9. The Morgan fingerprint density at radius 1 is 0.405 bits per heavy atom. The van der Waals surface area contributed by atoms with E-state index in [2.05, 4.69) is 77.9 Å². The molecule has 0 fully saturated rings. The van der Waals surface area contributed by atoms with Crippen LogP contribution in [-0.4, -0.2) is 11.4 Å². The summed E-state index contributed by atoms with van der Waals surface area (Å²) in [7, 11) is 0. The van der Waals surface area contributed by atoms with E-state index in [0.717, 1.165) is 49.9 Å². The van der Waals surface area contributed by atoms with E-state index >= 15 is 0 Å². The molecule has 0 saturated heterocycles. The van der Waals surface area contributed by atoms with Crippen molar-refractivity contribution in [1.82, 2.24) is 0 Å². The molecular formula is C39H62N2Pd. The summed E-state index contributed by atoms with van der Waals surface area (Å²) in [5.41, 5.74) is 10.2. The molecule has 0 unspecified atom stereocenters. The maximum absolute atomic E-state index is 5.40. The fourth-order valence-corrected chi connectivity index (χ4v) is 5.60. The zero-order chi connectivity index (χ0) is 29.7. The van der Waals surface area contributed by atoms with Gasteiger partial charge >= 0.3 is 0 Å². The molecule has 0 spiro atoms. The first kappa shape index (κ1) is 38.5. The summed E-state index contributed by atoms with van der Waals surface area (Å²) in [5.74, 6) is 0. The number of hydrogen-bond acceptors (Lipinski definition) is 2. The summed E-state index contributed by atoms with van der Waals surface area (Å²) >= 11 is 0. The summed E-state index contributed by atoms with van der Waals surface area (Å²) in [4.78, 5) is 10.8. The van der Waals surface area contributed by atoms with Gasteiger partial charge in [-0.25, -0.2) is 0 Å². The maximum Gasteiger partial charge on any atom is 0.0639 e. The number of hydrogen-bond donors (Lipinski definition) is 0. The van der Waals surface area contributed by atoms with E-state index in [0.29, 0.717) is 0 Å². The first-order chi connectivity index (χ1) is 20.1. The molecular weight excluding hydrogens is 603 g/mol. The third-order valence-electron chi connectivity index (χ3n) is 8.35. The molecule has 0 aliphatic carbocycles. The molecule has 0 radical (unpaired) electrons. The minimum atomic E-state index is 0. The van der Waals surface area contributed by atoms with Crippen LogP contribution in [0.5, 0.6) is 0 Å². The normalized spacial score (nSPS) is 12.0. The zero-order valence-corrected chi connectivity index (χ0v) is 29.7. The number of nitrogens with zero attached hydrogens (tertiary/aromatic N) is 2. The molecule has 2 aromatic carbocycles. The Morgan fingerprint density at radius 2 is 0.690 bits per heavy atom. The third-order valence-corrected chi connectivity index (χ3v) is 8.35. The quantitative estimate of drug-likeness (QED) is 0.0680. The molecule has 0 aliphatic rings. The van der Waals surface area contributed by atoms with E-state index in [1.165, 1.54) is 117 Å². The Kier molecular flexibility index (Phi) is 21.8. The Bertz CT molecular complexity index is 1010. The molecule has 0 N–H and O–H groups in total. The molecule has 0 atom stereocenters. The third kappa shape index (κ3) is 15.3. The van der Waals surface area contributed by atoms with Gasteiger partial charge in [-0.2, -0.15) is 0 Å². The summed E-state index contributed by atoms with van der Waals surface area (Å²) in [5, 5.41) is 0. The second kappa shape index (κ2) is 23.8. The first-order valence-corrected chi connectivity index (χ1v) is 17.5. The van der Waals surface area contributed by atoms with Gasteiger partial charge in [0, 0.05) is 20.4 Å². The van der Waals surface area contributed by atoms with E-state index in [9.17, 15) is 0 Å². The molecule has 238 valence electrons. The van der Waals surface area contributed by atoms with Gasteiger partial charge in [-0.3, -0.25) is 9.98 Å². The number of aryl methyl sites for hydroxylation is 4. The van der Waals surface area contributed by atoms with Crippen LogP contribution in [-0.2, 0) is 46.1 Å². The van der Waals surface area contributed by atoms with Crippen LogP contribution in [0.2, 0.25) is 0 Å². The standard InChI is InChI=1S/C39H62N2.Pd/c1-7-13-15-16-17-18-19-20-21-23-25-39(41-37-30-34(11-5)27-35(12-6)31-37)38(24-22-14-8-2)40-36-28-32(9-3)26-33(10-4)29-36;/h26-31H,7-25H2,1-6H3;/b40-38+,41-39+;. The van der Waals surface area contributed by atoms with Crippen molar-refractivity contribution in [2.75, 3.05) is 0 Å². The average molecular weight is 665 g/mol. The Hall–Kier alpha value is -1.56. The molecule has 3 heteroatoms. The van der Waals surface area contributed by atoms with E-state index < -0.39 is 0 Å². The van der Waals surface area contributed by atoms with Crippen LogP contribution in [0.1, 0.15) is 160 Å². The number of aliphatic imine (C=N–C) groups is 2. The summed E-state index contributed by atoms with van der Waals surface area (Å²) in [6, 6.07) is 13.9. The van der Waals surface area contributed by atoms with Gasteiger partial charge in [0.25, 0.3) is 0 Å². The molecule has 0 bridgehead atoms. The molecule has 0 heterocycles. The van der Waals surface area contributed by atoms with Crippen LogP contribution in [0.15, 0.2) is 46.4 Å². The van der Waals surface area contributed by atoms with Gasteiger partial charge in [0.05, 0.1) is 22.8 Å². The molecule has 2 aromatic rings. The van der Waals surface area contributed by atoms with Crippen molar-refractivity contribution in [3.8, 4) is 0 Å². The SMILES string of the molecule is CCCCCCCCCCCCC(=N\c1cc(CC)cc(CC)c1)/C(CCCCC)=N/c1cc(CC)cc(CC)c1.[Pd].